The number of carbonyl (C=O) groups is 1. The van der Waals surface area contributed by atoms with Crippen molar-refractivity contribution in [3.63, 3.8) is 0 Å². The molecule has 1 N–H and O–H groups in total. The van der Waals surface area contributed by atoms with Gasteiger partial charge in [0.05, 0.1) is 52.0 Å². The van der Waals surface area contributed by atoms with Gasteiger partial charge < -0.3 is 5.32 Å². The number of pyridine rings is 1. The van der Waals surface area contributed by atoms with E-state index >= 15 is 0 Å². The van der Waals surface area contributed by atoms with Gasteiger partial charge in [0, 0.05) is 31.1 Å². The lowest BCUT2D eigenvalue weighted by molar-refractivity contribution is -0.117. The molecule has 11 nitrogen and oxygen atoms in total. The van der Waals surface area contributed by atoms with E-state index in [9.17, 15) is 4.79 Å². The van der Waals surface area contributed by atoms with Crippen LogP contribution in [0.5, 0.6) is 0 Å². The largest absolute Gasteiger partial charge is 0.324 e. The van der Waals surface area contributed by atoms with Crippen molar-refractivity contribution in [1.29, 1.82) is 0 Å². The van der Waals surface area contributed by atoms with Gasteiger partial charge in [-0.15, -0.1) is 4.80 Å². The Morgan fingerprint density at radius 3 is 2.66 bits per heavy atom. The number of rotatable bonds is 4. The number of fused-ring (bicyclic) bond motifs is 3. The number of amides is 1. The van der Waals surface area contributed by atoms with E-state index in [0.717, 1.165) is 17.0 Å². The van der Waals surface area contributed by atoms with Crippen molar-refractivity contribution in [2.45, 2.75) is 24.7 Å². The maximum atomic E-state index is 13.5. The first-order chi connectivity index (χ1) is 16.8. The summed E-state index contributed by atoms with van der Waals surface area (Å²) in [4.78, 5) is 23.7. The first kappa shape index (κ1) is 21.7. The Kier molecular flexibility index (Phi) is 4.87. The van der Waals surface area contributed by atoms with Crippen LogP contribution in [0.1, 0.15) is 36.2 Å². The summed E-state index contributed by atoms with van der Waals surface area (Å²) in [6.45, 7) is 2.06. The molecule has 0 aromatic carbocycles. The molecule has 0 saturated carbocycles. The summed E-state index contributed by atoms with van der Waals surface area (Å²) in [5.74, 6) is -0.359. The topological polar surface area (TPSA) is 121 Å². The van der Waals surface area contributed by atoms with Crippen molar-refractivity contribution >= 4 is 40.4 Å². The van der Waals surface area contributed by atoms with Gasteiger partial charge in [0.2, 0.25) is 5.91 Å². The van der Waals surface area contributed by atoms with E-state index in [1.165, 1.54) is 23.4 Å². The Balaban J connectivity index is 1.38. The maximum Gasteiger partial charge on any atom is 0.232 e. The molecule has 35 heavy (non-hydrogen) atoms. The van der Waals surface area contributed by atoms with Crippen molar-refractivity contribution in [1.82, 2.24) is 44.4 Å². The molecule has 13 heteroatoms. The molecule has 2 atom stereocenters. The predicted molar refractivity (Wildman–Crippen MR) is 128 cm³/mol. The molecule has 1 aliphatic carbocycles. The van der Waals surface area contributed by atoms with Gasteiger partial charge in [0.1, 0.15) is 0 Å². The molecule has 0 radical (unpaired) electrons. The number of nitrogens with one attached hydrogen (secondary N) is 1. The minimum Gasteiger partial charge on any atom is -0.324 e. The number of aryl methyl sites for hydroxylation is 1. The maximum absolute atomic E-state index is 13.5. The third-order valence-corrected chi connectivity index (χ3v) is 6.75. The van der Waals surface area contributed by atoms with Crippen LogP contribution in [0.4, 0.5) is 5.69 Å². The number of nitrogens with zero attached hydrogens (tertiary/aromatic N) is 9. The summed E-state index contributed by atoms with van der Waals surface area (Å²) in [7, 11) is 1.86. The zero-order chi connectivity index (χ0) is 24.3. The van der Waals surface area contributed by atoms with E-state index in [1.807, 2.05) is 19.3 Å². The fraction of sp³-hybridized carbons (Fsp3) is 0.227. The normalized spacial score (nSPS) is 19.3. The van der Waals surface area contributed by atoms with E-state index in [4.69, 9.17) is 23.2 Å². The third-order valence-electron chi connectivity index (χ3n) is 6.29. The highest BCUT2D eigenvalue weighted by molar-refractivity contribution is 6.32. The Morgan fingerprint density at radius 1 is 1.14 bits per heavy atom. The molecule has 0 aliphatic heterocycles. The number of carbonyl (C=O) groups excluding carboxylic acids is 1. The van der Waals surface area contributed by atoms with Crippen LogP contribution in [0, 0.1) is 0 Å². The summed E-state index contributed by atoms with van der Waals surface area (Å²) < 4.78 is 3.45. The SMILES string of the molecule is Cn1ccc([C@]2(C)C[C@H](C(=O)Nc3cnc(-n4nccn4)c(Cl)c3)c3cnc4cc(Cl)nn4c32)n1. The van der Waals surface area contributed by atoms with Crippen molar-refractivity contribution in [2.24, 2.45) is 7.05 Å². The Hall–Kier alpha value is -3.83. The molecule has 0 spiro atoms. The Labute approximate surface area is 208 Å². The monoisotopic (exact) mass is 508 g/mol. The van der Waals surface area contributed by atoms with E-state index < -0.39 is 11.3 Å². The van der Waals surface area contributed by atoms with Crippen LogP contribution in [0.15, 0.2) is 49.2 Å². The number of hydrogen-bond donors (Lipinski definition) is 1. The second-order valence-corrected chi connectivity index (χ2v) is 9.39. The number of aromatic nitrogens is 9. The fourth-order valence-electron chi connectivity index (χ4n) is 4.71. The highest BCUT2D eigenvalue weighted by atomic mass is 35.5. The van der Waals surface area contributed by atoms with Crippen LogP contribution >= 0.6 is 23.2 Å². The van der Waals surface area contributed by atoms with E-state index in [0.29, 0.717) is 33.7 Å². The molecule has 5 aromatic heterocycles. The lowest BCUT2D eigenvalue weighted by Crippen LogP contribution is -2.26. The van der Waals surface area contributed by atoms with Gasteiger partial charge in [-0.2, -0.15) is 20.4 Å². The summed E-state index contributed by atoms with van der Waals surface area (Å²) in [6, 6.07) is 5.26. The number of halogens is 2. The fourth-order valence-corrected chi connectivity index (χ4v) is 5.13. The van der Waals surface area contributed by atoms with Crippen LogP contribution in [0.3, 0.4) is 0 Å². The van der Waals surface area contributed by atoms with Crippen molar-refractivity contribution in [2.75, 3.05) is 5.32 Å². The summed E-state index contributed by atoms with van der Waals surface area (Å²) in [6.07, 6.45) is 8.65. The van der Waals surface area contributed by atoms with E-state index in [2.05, 4.69) is 42.6 Å². The zero-order valence-corrected chi connectivity index (χ0v) is 20.1. The smallest absolute Gasteiger partial charge is 0.232 e. The molecular weight excluding hydrogens is 491 g/mol. The molecule has 1 aliphatic rings. The van der Waals surface area contributed by atoms with Crippen molar-refractivity contribution < 1.29 is 4.79 Å². The highest BCUT2D eigenvalue weighted by Crippen LogP contribution is 2.49. The Morgan fingerprint density at radius 2 is 1.94 bits per heavy atom. The van der Waals surface area contributed by atoms with Crippen LogP contribution in [0.2, 0.25) is 10.2 Å². The van der Waals surface area contributed by atoms with Crippen LogP contribution in [-0.4, -0.2) is 50.3 Å². The highest BCUT2D eigenvalue weighted by Gasteiger charge is 2.48. The third kappa shape index (κ3) is 3.46. The van der Waals surface area contributed by atoms with Gasteiger partial charge in [-0.25, -0.2) is 14.5 Å². The number of hydrogen-bond acceptors (Lipinski definition) is 7. The van der Waals surface area contributed by atoms with Gasteiger partial charge in [-0.1, -0.05) is 23.2 Å². The lowest BCUT2D eigenvalue weighted by atomic mass is 9.82. The quantitative estimate of drug-likeness (QED) is 0.395. The summed E-state index contributed by atoms with van der Waals surface area (Å²) in [5.41, 5.74) is 2.90. The zero-order valence-electron chi connectivity index (χ0n) is 18.6. The molecule has 5 aromatic rings. The van der Waals surface area contributed by atoms with Crippen LogP contribution in [-0.2, 0) is 17.3 Å². The molecule has 6 rings (SSSR count). The molecule has 176 valence electrons. The van der Waals surface area contributed by atoms with Gasteiger partial charge >= 0.3 is 0 Å². The standard InChI is InChI=1S/C22H18Cl2N10O/c1-22(16-3-6-32(2)30-16)9-13(14-11-25-18-8-17(24)31-33(18)19(14)22)21(35)29-12-7-15(23)20(26-10-12)34-27-4-5-28-34/h3-8,10-11,13H,9H2,1-2H3,(H,29,35)/t13-,22-/m0/s1. The first-order valence-corrected chi connectivity index (χ1v) is 11.5. The molecule has 0 bridgehead atoms. The predicted octanol–water partition coefficient (Wildman–Crippen LogP) is 3.18. The van der Waals surface area contributed by atoms with Gasteiger partial charge in [0.25, 0.3) is 0 Å². The average molecular weight is 509 g/mol. The number of anilines is 1. The van der Waals surface area contributed by atoms with Gasteiger partial charge in [-0.3, -0.25) is 9.48 Å². The van der Waals surface area contributed by atoms with Crippen molar-refractivity contribution in [3.05, 3.63) is 76.3 Å². The summed E-state index contributed by atoms with van der Waals surface area (Å²) in [5, 5.41) is 20.7. The van der Waals surface area contributed by atoms with Crippen LogP contribution < -0.4 is 5.32 Å². The molecule has 5 heterocycles. The summed E-state index contributed by atoms with van der Waals surface area (Å²) >= 11 is 12.6. The minimum absolute atomic E-state index is 0.215. The van der Waals surface area contributed by atoms with Crippen molar-refractivity contribution in [3.8, 4) is 5.82 Å². The molecule has 0 fully saturated rings. The Bertz CT molecular complexity index is 1590. The second-order valence-electron chi connectivity index (χ2n) is 8.60. The molecule has 0 unspecified atom stereocenters. The molecular formula is C22H18Cl2N10O. The van der Waals surface area contributed by atoms with E-state index in [-0.39, 0.29) is 5.91 Å². The second kappa shape index (κ2) is 7.85. The van der Waals surface area contributed by atoms with Gasteiger partial charge in [0.15, 0.2) is 16.6 Å². The minimum atomic E-state index is -0.597. The molecule has 0 saturated heterocycles. The molecule has 1 amide bonds. The van der Waals surface area contributed by atoms with Crippen LogP contribution in [0.25, 0.3) is 11.5 Å². The average Bonchev–Trinajstić information content (AvgIpc) is 3.60. The first-order valence-electron chi connectivity index (χ1n) is 10.7. The van der Waals surface area contributed by atoms with E-state index in [1.54, 1.807) is 27.5 Å². The lowest BCUT2D eigenvalue weighted by Gasteiger charge is -2.23. The van der Waals surface area contributed by atoms with Gasteiger partial charge in [-0.05, 0) is 25.5 Å².